The lowest BCUT2D eigenvalue weighted by Crippen LogP contribution is -2.36. The van der Waals surface area contributed by atoms with Crippen LogP contribution in [-0.4, -0.2) is 51.6 Å². The van der Waals surface area contributed by atoms with E-state index >= 15 is 0 Å². The molecule has 0 radical (unpaired) electrons. The number of fused-ring (bicyclic) bond motifs is 1. The zero-order valence-corrected chi connectivity index (χ0v) is 14.1. The molecule has 1 saturated heterocycles. The topological polar surface area (TPSA) is 52.2 Å². The van der Waals surface area contributed by atoms with Gasteiger partial charge in [-0.2, -0.15) is 5.10 Å². The molecule has 2 aliphatic rings. The Balaban J connectivity index is 1.73. The Morgan fingerprint density at radius 1 is 1.41 bits per heavy atom. The predicted molar refractivity (Wildman–Crippen MR) is 86.8 cm³/mol. The summed E-state index contributed by atoms with van der Waals surface area (Å²) < 4.78 is 0. The summed E-state index contributed by atoms with van der Waals surface area (Å²) in [5.41, 5.74) is 2.97. The standard InChI is InChI=1S/C17H28N4O/c1-12(2)6-9-20-10-7-15-14(11-20)16(19-18-15)17(22)21-8-4-5-13(21)3/h12-13H,4-11H2,1-3H3,(H,18,19)/t13-/m0/s1. The lowest BCUT2D eigenvalue weighted by molar-refractivity contribution is 0.0738. The van der Waals surface area contributed by atoms with Crippen LogP contribution < -0.4 is 0 Å². The molecular weight excluding hydrogens is 276 g/mol. The second kappa shape index (κ2) is 6.41. The molecule has 1 fully saturated rings. The number of nitrogens with zero attached hydrogens (tertiary/aromatic N) is 3. The van der Waals surface area contributed by atoms with Gasteiger partial charge in [0.15, 0.2) is 5.69 Å². The lowest BCUT2D eigenvalue weighted by atomic mass is 10.0. The van der Waals surface area contributed by atoms with Crippen LogP contribution in [0.5, 0.6) is 0 Å². The van der Waals surface area contributed by atoms with Crippen LogP contribution in [-0.2, 0) is 13.0 Å². The van der Waals surface area contributed by atoms with Crippen LogP contribution in [0.4, 0.5) is 0 Å². The van der Waals surface area contributed by atoms with Crippen molar-refractivity contribution >= 4 is 5.91 Å². The number of carbonyl (C=O) groups excluding carboxylic acids is 1. The molecule has 1 aromatic heterocycles. The van der Waals surface area contributed by atoms with Crippen molar-refractivity contribution in [3.05, 3.63) is 17.0 Å². The van der Waals surface area contributed by atoms with E-state index in [2.05, 4.69) is 35.9 Å². The third kappa shape index (κ3) is 3.05. The van der Waals surface area contributed by atoms with Crippen LogP contribution in [0.25, 0.3) is 0 Å². The van der Waals surface area contributed by atoms with Crippen LogP contribution in [0.3, 0.4) is 0 Å². The summed E-state index contributed by atoms with van der Waals surface area (Å²) >= 11 is 0. The number of aromatic nitrogens is 2. The maximum Gasteiger partial charge on any atom is 0.274 e. The highest BCUT2D eigenvalue weighted by molar-refractivity contribution is 5.94. The maximum absolute atomic E-state index is 12.8. The van der Waals surface area contributed by atoms with Gasteiger partial charge in [0.25, 0.3) is 5.91 Å². The first kappa shape index (κ1) is 15.5. The van der Waals surface area contributed by atoms with Crippen molar-refractivity contribution in [1.82, 2.24) is 20.0 Å². The lowest BCUT2D eigenvalue weighted by Gasteiger charge is -2.28. The second-order valence-corrected chi connectivity index (χ2v) is 7.23. The minimum Gasteiger partial charge on any atom is -0.335 e. The summed E-state index contributed by atoms with van der Waals surface area (Å²) in [6, 6.07) is 0.348. The molecule has 2 aliphatic heterocycles. The van der Waals surface area contributed by atoms with Gasteiger partial charge >= 0.3 is 0 Å². The van der Waals surface area contributed by atoms with E-state index in [4.69, 9.17) is 0 Å². The van der Waals surface area contributed by atoms with Crippen molar-refractivity contribution in [2.45, 2.75) is 59.0 Å². The molecule has 0 spiro atoms. The third-order valence-electron chi connectivity index (χ3n) is 5.05. The normalized spacial score (nSPS) is 22.4. The minimum atomic E-state index is 0.119. The van der Waals surface area contributed by atoms with Gasteiger partial charge in [0.1, 0.15) is 0 Å². The number of hydrogen-bond donors (Lipinski definition) is 1. The number of rotatable bonds is 4. The van der Waals surface area contributed by atoms with E-state index in [-0.39, 0.29) is 5.91 Å². The van der Waals surface area contributed by atoms with Crippen molar-refractivity contribution in [3.63, 3.8) is 0 Å². The first-order chi connectivity index (χ1) is 10.6. The zero-order valence-electron chi connectivity index (χ0n) is 14.1. The quantitative estimate of drug-likeness (QED) is 0.929. The third-order valence-corrected chi connectivity index (χ3v) is 5.05. The number of nitrogens with one attached hydrogen (secondary N) is 1. The zero-order chi connectivity index (χ0) is 15.7. The highest BCUT2D eigenvalue weighted by atomic mass is 16.2. The number of aromatic amines is 1. The van der Waals surface area contributed by atoms with Crippen molar-refractivity contribution in [2.24, 2.45) is 5.92 Å². The molecule has 0 aromatic carbocycles. The Hall–Kier alpha value is -1.36. The van der Waals surface area contributed by atoms with Gasteiger partial charge in [-0.05, 0) is 38.6 Å². The molecule has 1 N–H and O–H groups in total. The Kier molecular flexibility index (Phi) is 4.52. The molecule has 3 rings (SSSR count). The monoisotopic (exact) mass is 304 g/mol. The molecule has 22 heavy (non-hydrogen) atoms. The Bertz CT molecular complexity index is 537. The van der Waals surface area contributed by atoms with Crippen molar-refractivity contribution < 1.29 is 4.79 Å². The van der Waals surface area contributed by atoms with E-state index in [1.165, 1.54) is 6.42 Å². The molecule has 1 atom stereocenters. The average molecular weight is 304 g/mol. The van der Waals surface area contributed by atoms with E-state index < -0.39 is 0 Å². The van der Waals surface area contributed by atoms with Gasteiger partial charge in [-0.3, -0.25) is 14.8 Å². The van der Waals surface area contributed by atoms with E-state index in [1.807, 2.05) is 4.90 Å². The molecule has 1 amide bonds. The highest BCUT2D eigenvalue weighted by Gasteiger charge is 2.31. The fraction of sp³-hybridized carbons (Fsp3) is 0.765. The smallest absolute Gasteiger partial charge is 0.274 e. The first-order valence-electron chi connectivity index (χ1n) is 8.65. The summed E-state index contributed by atoms with van der Waals surface area (Å²) in [5.74, 6) is 0.838. The van der Waals surface area contributed by atoms with Crippen LogP contribution in [0, 0.1) is 5.92 Å². The summed E-state index contributed by atoms with van der Waals surface area (Å²) in [6.45, 7) is 10.6. The van der Waals surface area contributed by atoms with E-state index in [0.717, 1.165) is 62.6 Å². The highest BCUT2D eigenvalue weighted by Crippen LogP contribution is 2.25. The molecule has 0 bridgehead atoms. The maximum atomic E-state index is 12.8. The minimum absolute atomic E-state index is 0.119. The van der Waals surface area contributed by atoms with E-state index in [0.29, 0.717) is 11.7 Å². The average Bonchev–Trinajstić information content (AvgIpc) is 3.10. The second-order valence-electron chi connectivity index (χ2n) is 7.23. The Morgan fingerprint density at radius 2 is 2.23 bits per heavy atom. The van der Waals surface area contributed by atoms with Crippen molar-refractivity contribution in [3.8, 4) is 0 Å². The largest absolute Gasteiger partial charge is 0.335 e. The number of H-pyrrole nitrogens is 1. The molecule has 0 saturated carbocycles. The van der Waals surface area contributed by atoms with Gasteiger partial charge in [-0.15, -0.1) is 0 Å². The molecule has 0 unspecified atom stereocenters. The van der Waals surface area contributed by atoms with Gasteiger partial charge in [-0.25, -0.2) is 0 Å². The number of likely N-dealkylation sites (tertiary alicyclic amines) is 1. The van der Waals surface area contributed by atoms with Crippen molar-refractivity contribution in [2.75, 3.05) is 19.6 Å². The Labute approximate surface area is 133 Å². The van der Waals surface area contributed by atoms with E-state index in [9.17, 15) is 4.79 Å². The van der Waals surface area contributed by atoms with Crippen LogP contribution in [0.1, 0.15) is 61.8 Å². The fourth-order valence-electron chi connectivity index (χ4n) is 3.53. The summed E-state index contributed by atoms with van der Waals surface area (Å²) in [4.78, 5) is 17.2. The van der Waals surface area contributed by atoms with Crippen molar-refractivity contribution in [1.29, 1.82) is 0 Å². The molecule has 3 heterocycles. The number of amides is 1. The number of carbonyl (C=O) groups is 1. The SMILES string of the molecule is CC(C)CCN1CCc2[nH]nc(C(=O)N3CCC[C@@H]3C)c2C1. The van der Waals surface area contributed by atoms with Gasteiger partial charge < -0.3 is 4.90 Å². The van der Waals surface area contributed by atoms with Crippen LogP contribution >= 0.6 is 0 Å². The van der Waals surface area contributed by atoms with Crippen LogP contribution in [0.2, 0.25) is 0 Å². The fourth-order valence-corrected chi connectivity index (χ4v) is 3.53. The molecule has 5 nitrogen and oxygen atoms in total. The first-order valence-corrected chi connectivity index (χ1v) is 8.65. The van der Waals surface area contributed by atoms with Gasteiger partial charge in [0.05, 0.1) is 0 Å². The molecule has 5 heteroatoms. The van der Waals surface area contributed by atoms with Gasteiger partial charge in [0.2, 0.25) is 0 Å². The van der Waals surface area contributed by atoms with Gasteiger partial charge in [-0.1, -0.05) is 13.8 Å². The Morgan fingerprint density at radius 3 is 2.91 bits per heavy atom. The summed E-state index contributed by atoms with van der Waals surface area (Å²) in [7, 11) is 0. The molecule has 0 aliphatic carbocycles. The summed E-state index contributed by atoms with van der Waals surface area (Å²) in [6.07, 6.45) is 4.40. The molecular formula is C17H28N4O. The van der Waals surface area contributed by atoms with Gasteiger partial charge in [0, 0.05) is 43.4 Å². The van der Waals surface area contributed by atoms with E-state index in [1.54, 1.807) is 0 Å². The summed E-state index contributed by atoms with van der Waals surface area (Å²) in [5, 5.41) is 7.47. The predicted octanol–water partition coefficient (Wildman–Crippen LogP) is 2.44. The number of hydrogen-bond acceptors (Lipinski definition) is 3. The molecule has 122 valence electrons. The molecule has 1 aromatic rings. The van der Waals surface area contributed by atoms with Crippen LogP contribution in [0.15, 0.2) is 0 Å².